The summed E-state index contributed by atoms with van der Waals surface area (Å²) in [6.07, 6.45) is 0. The number of hydrogen-bond donors (Lipinski definition) is 1. The van der Waals surface area contributed by atoms with Gasteiger partial charge in [-0.1, -0.05) is 6.07 Å². The van der Waals surface area contributed by atoms with Crippen molar-refractivity contribution in [3.8, 4) is 17.3 Å². The molecule has 0 unspecified atom stereocenters. The molecule has 0 spiro atoms. The van der Waals surface area contributed by atoms with Crippen molar-refractivity contribution in [2.45, 2.75) is 10.6 Å². The van der Waals surface area contributed by atoms with E-state index >= 15 is 0 Å². The van der Waals surface area contributed by atoms with E-state index in [2.05, 4.69) is 26.0 Å². The Kier molecular flexibility index (Phi) is 4.41. The van der Waals surface area contributed by atoms with Crippen LogP contribution in [0, 0.1) is 11.6 Å². The van der Waals surface area contributed by atoms with Crippen LogP contribution in [0.2, 0.25) is 0 Å². The molecular weight excluding hydrogens is 428 g/mol. The Morgan fingerprint density at radius 2 is 2.04 bits per heavy atom. The van der Waals surface area contributed by atoms with Crippen molar-refractivity contribution in [2.75, 3.05) is 0 Å². The average Bonchev–Trinajstić information content (AvgIpc) is 3.22. The molecule has 0 radical (unpaired) electrons. The number of benzene rings is 1. The number of furan rings is 1. The first-order chi connectivity index (χ1) is 12.5. The van der Waals surface area contributed by atoms with Gasteiger partial charge >= 0.3 is 0 Å². The van der Waals surface area contributed by atoms with Crippen LogP contribution >= 0.6 is 27.7 Å². The largest absolute Gasteiger partial charge is 0.493 e. The highest BCUT2D eigenvalue weighted by atomic mass is 79.9. The Hall–Kier alpha value is -2.39. The summed E-state index contributed by atoms with van der Waals surface area (Å²) in [5, 5.41) is 14.4. The third kappa shape index (κ3) is 3.19. The maximum atomic E-state index is 13.7. The minimum absolute atomic E-state index is 0.109. The van der Waals surface area contributed by atoms with Crippen molar-refractivity contribution >= 4 is 33.3 Å². The molecule has 0 bridgehead atoms. The highest BCUT2D eigenvalue weighted by molar-refractivity contribution is 9.10. The molecule has 0 amide bonds. The van der Waals surface area contributed by atoms with Crippen LogP contribution in [0.25, 0.3) is 17.1 Å². The molecule has 132 valence electrons. The number of rotatable bonds is 4. The zero-order chi connectivity index (χ0) is 18.3. The van der Waals surface area contributed by atoms with E-state index in [-0.39, 0.29) is 16.5 Å². The Balaban J connectivity index is 1.63. The van der Waals surface area contributed by atoms with Crippen molar-refractivity contribution in [1.29, 1.82) is 0 Å². The predicted octanol–water partition coefficient (Wildman–Crippen LogP) is 5.03. The lowest BCUT2D eigenvalue weighted by Gasteiger charge is -2.05. The zero-order valence-electron chi connectivity index (χ0n) is 13.0. The van der Waals surface area contributed by atoms with Gasteiger partial charge in [0, 0.05) is 22.8 Å². The Morgan fingerprint density at radius 3 is 2.81 bits per heavy atom. The molecule has 4 rings (SSSR count). The number of aromatic nitrogens is 3. The summed E-state index contributed by atoms with van der Waals surface area (Å²) >= 11 is 4.32. The van der Waals surface area contributed by atoms with E-state index in [9.17, 15) is 13.9 Å². The summed E-state index contributed by atoms with van der Waals surface area (Å²) in [6.45, 7) is 0. The number of fused-ring (bicyclic) bond motifs is 1. The maximum absolute atomic E-state index is 13.7. The van der Waals surface area contributed by atoms with Gasteiger partial charge in [-0.25, -0.2) is 13.8 Å². The highest BCUT2D eigenvalue weighted by Crippen LogP contribution is 2.29. The van der Waals surface area contributed by atoms with Crippen LogP contribution in [0.3, 0.4) is 0 Å². The second-order valence-corrected chi connectivity index (χ2v) is 7.15. The molecule has 0 atom stereocenters. The highest BCUT2D eigenvalue weighted by Gasteiger charge is 2.14. The van der Waals surface area contributed by atoms with Crippen LogP contribution in [-0.4, -0.2) is 19.7 Å². The lowest BCUT2D eigenvalue weighted by molar-refractivity contribution is 0.434. The molecule has 0 aliphatic heterocycles. The summed E-state index contributed by atoms with van der Waals surface area (Å²) in [6, 6.07) is 10.6. The number of nitrogens with zero attached hydrogens (tertiary/aromatic N) is 3. The van der Waals surface area contributed by atoms with Gasteiger partial charge in [0.05, 0.1) is 5.69 Å². The quantitative estimate of drug-likeness (QED) is 0.453. The molecule has 26 heavy (non-hydrogen) atoms. The van der Waals surface area contributed by atoms with Crippen LogP contribution in [0.4, 0.5) is 8.78 Å². The standard InChI is InChI=1S/C17H10BrF2N3O2S/c18-14-5-4-12(25-14)11-7-15-21-9(6-16(24)23(15)22-11)8-26-13-3-1-2-10(19)17(13)20/h1-7,24H,8H2. The predicted molar refractivity (Wildman–Crippen MR) is 96.0 cm³/mol. The first kappa shape index (κ1) is 17.0. The maximum Gasteiger partial charge on any atom is 0.215 e. The van der Waals surface area contributed by atoms with Gasteiger partial charge in [-0.15, -0.1) is 11.8 Å². The van der Waals surface area contributed by atoms with Gasteiger partial charge in [-0.05, 0) is 40.2 Å². The topological polar surface area (TPSA) is 63.6 Å². The zero-order valence-corrected chi connectivity index (χ0v) is 15.4. The van der Waals surface area contributed by atoms with Gasteiger partial charge < -0.3 is 9.52 Å². The minimum Gasteiger partial charge on any atom is -0.493 e. The van der Waals surface area contributed by atoms with Gasteiger partial charge in [-0.2, -0.15) is 9.61 Å². The molecule has 3 aromatic heterocycles. The molecule has 0 fully saturated rings. The van der Waals surface area contributed by atoms with Crippen molar-refractivity contribution < 1.29 is 18.3 Å². The SMILES string of the molecule is Oc1cc(CSc2cccc(F)c2F)nc2cc(-c3ccc(Br)o3)nn12. The van der Waals surface area contributed by atoms with Crippen LogP contribution in [0.15, 0.2) is 56.4 Å². The second kappa shape index (κ2) is 6.73. The van der Waals surface area contributed by atoms with Crippen LogP contribution < -0.4 is 0 Å². The van der Waals surface area contributed by atoms with Crippen molar-refractivity contribution in [2.24, 2.45) is 0 Å². The van der Waals surface area contributed by atoms with Gasteiger partial charge in [0.15, 0.2) is 27.7 Å². The minimum atomic E-state index is -0.897. The van der Waals surface area contributed by atoms with E-state index in [1.807, 2.05) is 0 Å². The lowest BCUT2D eigenvalue weighted by Crippen LogP contribution is -1.96. The first-order valence-electron chi connectivity index (χ1n) is 7.42. The van der Waals surface area contributed by atoms with Crippen LogP contribution in [0.5, 0.6) is 5.88 Å². The Morgan fingerprint density at radius 1 is 1.19 bits per heavy atom. The fourth-order valence-electron chi connectivity index (χ4n) is 2.40. The number of halogens is 3. The summed E-state index contributed by atoms with van der Waals surface area (Å²) < 4.78 is 34.3. The van der Waals surface area contributed by atoms with E-state index < -0.39 is 11.6 Å². The average molecular weight is 438 g/mol. The molecule has 0 aliphatic carbocycles. The summed E-state index contributed by atoms with van der Waals surface area (Å²) in [4.78, 5) is 4.59. The van der Waals surface area contributed by atoms with Gasteiger partial charge in [0.25, 0.3) is 0 Å². The smallest absolute Gasteiger partial charge is 0.215 e. The van der Waals surface area contributed by atoms with Crippen molar-refractivity contribution in [3.63, 3.8) is 0 Å². The Labute approximate surface area is 158 Å². The van der Waals surface area contributed by atoms with Crippen LogP contribution in [-0.2, 0) is 5.75 Å². The van der Waals surface area contributed by atoms with Crippen LogP contribution in [0.1, 0.15) is 5.69 Å². The van der Waals surface area contributed by atoms with Crippen molar-refractivity contribution in [1.82, 2.24) is 14.6 Å². The number of aromatic hydroxyl groups is 1. The van der Waals surface area contributed by atoms with Gasteiger partial charge in [0.2, 0.25) is 5.88 Å². The summed E-state index contributed by atoms with van der Waals surface area (Å²) in [5.41, 5.74) is 1.44. The fourth-order valence-corrected chi connectivity index (χ4v) is 3.56. The van der Waals surface area contributed by atoms with E-state index in [1.54, 1.807) is 18.2 Å². The molecule has 0 saturated heterocycles. The molecule has 3 heterocycles. The molecule has 1 N–H and O–H groups in total. The summed E-state index contributed by atoms with van der Waals surface area (Å²) in [7, 11) is 0. The molecule has 5 nitrogen and oxygen atoms in total. The fraction of sp³-hybridized carbons (Fsp3) is 0.0588. The molecule has 0 saturated carbocycles. The third-order valence-corrected chi connectivity index (χ3v) is 5.07. The lowest BCUT2D eigenvalue weighted by atomic mass is 10.3. The molecule has 1 aromatic carbocycles. The monoisotopic (exact) mass is 437 g/mol. The summed E-state index contributed by atoms with van der Waals surface area (Å²) in [5.74, 6) is -1.11. The second-order valence-electron chi connectivity index (χ2n) is 5.35. The normalized spacial score (nSPS) is 11.3. The van der Waals surface area contributed by atoms with E-state index in [0.29, 0.717) is 27.5 Å². The molecule has 4 aromatic rings. The molecule has 9 heteroatoms. The molecule has 0 aliphatic rings. The first-order valence-corrected chi connectivity index (χ1v) is 9.20. The third-order valence-electron chi connectivity index (χ3n) is 3.58. The molecular formula is C17H10BrF2N3O2S. The van der Waals surface area contributed by atoms with Crippen molar-refractivity contribution in [3.05, 3.63) is 64.5 Å². The number of hydrogen-bond acceptors (Lipinski definition) is 5. The van der Waals surface area contributed by atoms with Gasteiger partial charge in [0.1, 0.15) is 5.69 Å². The number of thioether (sulfide) groups is 1. The van der Waals surface area contributed by atoms with E-state index in [4.69, 9.17) is 4.42 Å². The van der Waals surface area contributed by atoms with E-state index in [0.717, 1.165) is 17.8 Å². The van der Waals surface area contributed by atoms with Gasteiger partial charge in [-0.3, -0.25) is 0 Å². The van der Waals surface area contributed by atoms with E-state index in [1.165, 1.54) is 22.7 Å². The Bertz CT molecular complexity index is 1110.